The van der Waals surface area contributed by atoms with Gasteiger partial charge in [-0.2, -0.15) is 0 Å². The summed E-state index contributed by atoms with van der Waals surface area (Å²) in [6.45, 7) is 35.6. The minimum absolute atomic E-state index is 0.0262. The minimum atomic E-state index is -0.301. The molecule has 1 radical (unpaired) electrons. The largest absolute Gasteiger partial charge is 0.469 e. The zero-order valence-corrected chi connectivity index (χ0v) is 46.0. The summed E-state index contributed by atoms with van der Waals surface area (Å²) < 4.78 is 12.4. The summed E-state index contributed by atoms with van der Waals surface area (Å²) in [5, 5.41) is 10.6. The van der Waals surface area contributed by atoms with E-state index in [1.807, 2.05) is 11.3 Å². The number of hydrogen-bond donors (Lipinski definition) is 1. The lowest BCUT2D eigenvalue weighted by Crippen LogP contribution is -2.37. The van der Waals surface area contributed by atoms with Crippen LogP contribution >= 0.6 is 11.3 Å². The van der Waals surface area contributed by atoms with Gasteiger partial charge in [-0.25, -0.2) is 0 Å². The smallest absolute Gasteiger partial charge is 0.247 e. The predicted octanol–water partition coefficient (Wildman–Crippen LogP) is 17.8. The van der Waals surface area contributed by atoms with Crippen molar-refractivity contribution in [1.29, 1.82) is 0 Å². The number of furan rings is 1. The lowest BCUT2D eigenvalue weighted by Gasteiger charge is -2.41. The van der Waals surface area contributed by atoms with Crippen LogP contribution in [0.3, 0.4) is 0 Å². The first-order valence-electron chi connectivity index (χ1n) is 26.5. The summed E-state index contributed by atoms with van der Waals surface area (Å²) in [4.78, 5) is 0. The molecule has 4 heterocycles. The molecule has 0 saturated heterocycles. The van der Waals surface area contributed by atoms with Crippen molar-refractivity contribution in [1.82, 2.24) is 4.57 Å². The summed E-state index contributed by atoms with van der Waals surface area (Å²) in [6.07, 6.45) is 2.38. The fourth-order valence-electron chi connectivity index (χ4n) is 13.1. The van der Waals surface area contributed by atoms with E-state index in [2.05, 4.69) is 230 Å². The maximum absolute atomic E-state index is 7.13. The van der Waals surface area contributed by atoms with Crippen LogP contribution in [-0.4, -0.2) is 11.8 Å². The van der Waals surface area contributed by atoms with Gasteiger partial charge in [0.05, 0.1) is 16.9 Å². The van der Waals surface area contributed by atoms with Crippen LogP contribution in [0.15, 0.2) is 114 Å². The van der Waals surface area contributed by atoms with E-state index in [9.17, 15) is 0 Å². The molecule has 2 aliphatic carbocycles. The molecule has 0 unspecified atom stereocenters. The Bertz CT molecular complexity index is 3990. The number of anilines is 2. The van der Waals surface area contributed by atoms with Crippen LogP contribution in [0.4, 0.5) is 11.4 Å². The highest BCUT2D eigenvalue weighted by atomic mass is 32.1. The number of rotatable bonds is 3. The number of nitrogens with zero attached hydrogens (tertiary/aromatic N) is 1. The first kappa shape index (κ1) is 45.8. The van der Waals surface area contributed by atoms with Crippen molar-refractivity contribution in [3.8, 4) is 27.9 Å². The van der Waals surface area contributed by atoms with Crippen molar-refractivity contribution in [2.45, 2.75) is 149 Å². The third kappa shape index (κ3) is 6.47. The molecule has 361 valence electrons. The highest BCUT2D eigenvalue weighted by Crippen LogP contribution is 2.58. The second kappa shape index (κ2) is 14.6. The standard InChI is InChI=1S/C67H68BN2OS/c1-62(2,3)36-20-24-39(25-21-36)69-49-33-42-41-32-47-48(66(12,13)29-28-65(47,10)11)35-53(41)72-52(42)34-43(49)55-54-40-18-16-17-19-46(40)67(14,15)57(54)56-44-30-37(63(4,5)6)22-26-50(44)70-59-45-31-38(64(7,8)9)23-27-51(45)71-61(59)68-58(55)60(56)70/h16-27,30-35,69H,28-29H2,1-15H3. The molecule has 7 aromatic carbocycles. The zero-order valence-electron chi connectivity index (χ0n) is 45.1. The third-order valence-electron chi connectivity index (χ3n) is 17.5. The van der Waals surface area contributed by atoms with E-state index in [0.717, 1.165) is 33.7 Å². The van der Waals surface area contributed by atoms with Gasteiger partial charge >= 0.3 is 0 Å². The van der Waals surface area contributed by atoms with Crippen molar-refractivity contribution in [2.75, 3.05) is 5.32 Å². The highest BCUT2D eigenvalue weighted by Gasteiger charge is 2.44. The average molecular weight is 960 g/mol. The van der Waals surface area contributed by atoms with Gasteiger partial charge in [0, 0.05) is 64.2 Å². The van der Waals surface area contributed by atoms with E-state index in [0.29, 0.717) is 0 Å². The maximum atomic E-state index is 7.13. The van der Waals surface area contributed by atoms with Gasteiger partial charge in [-0.05, 0) is 162 Å². The summed E-state index contributed by atoms with van der Waals surface area (Å²) in [7, 11) is 2.41. The van der Waals surface area contributed by atoms with Crippen molar-refractivity contribution in [3.63, 3.8) is 0 Å². The summed E-state index contributed by atoms with van der Waals surface area (Å²) in [5.74, 6) is 0. The molecule has 0 spiro atoms. The quantitative estimate of drug-likeness (QED) is 0.179. The molecular weight excluding hydrogens is 892 g/mol. The third-order valence-corrected chi connectivity index (χ3v) is 18.7. The zero-order chi connectivity index (χ0) is 50.6. The first-order chi connectivity index (χ1) is 33.8. The van der Waals surface area contributed by atoms with Crippen molar-refractivity contribution in [3.05, 3.63) is 148 Å². The second-order valence-electron chi connectivity index (χ2n) is 26.8. The van der Waals surface area contributed by atoms with E-state index in [1.165, 1.54) is 121 Å². The molecule has 0 atom stereocenters. The van der Waals surface area contributed by atoms with E-state index in [4.69, 9.17) is 4.42 Å². The molecule has 0 amide bonds. The molecule has 0 fully saturated rings. The van der Waals surface area contributed by atoms with Crippen LogP contribution in [0.2, 0.25) is 0 Å². The summed E-state index contributed by atoms with van der Waals surface area (Å²) in [6, 6.07) is 42.8. The van der Waals surface area contributed by atoms with Crippen LogP contribution in [0.1, 0.15) is 156 Å². The van der Waals surface area contributed by atoms with Crippen LogP contribution < -0.4 is 16.4 Å². The molecule has 0 bridgehead atoms. The Kier molecular flexibility index (Phi) is 9.28. The van der Waals surface area contributed by atoms with Gasteiger partial charge in [0.1, 0.15) is 5.58 Å². The van der Waals surface area contributed by atoms with Gasteiger partial charge in [0.15, 0.2) is 0 Å². The number of fused-ring (bicyclic) bond motifs is 15. The Balaban J connectivity index is 1.20. The predicted molar refractivity (Wildman–Crippen MR) is 313 cm³/mol. The highest BCUT2D eigenvalue weighted by molar-refractivity contribution is 7.25. The molecule has 3 aliphatic rings. The topological polar surface area (TPSA) is 30.1 Å². The number of thiophene rings is 1. The van der Waals surface area contributed by atoms with Gasteiger partial charge in [0.2, 0.25) is 7.28 Å². The fraction of sp³-hybridized carbons (Fsp3) is 0.343. The number of hydrogen-bond acceptors (Lipinski definition) is 3. The molecule has 3 nitrogen and oxygen atoms in total. The minimum Gasteiger partial charge on any atom is -0.469 e. The Morgan fingerprint density at radius 3 is 1.85 bits per heavy atom. The maximum Gasteiger partial charge on any atom is 0.247 e. The SMILES string of the molecule is CC(C)(C)c1ccc(Nc2cc3c(cc2-c2c4c(c5c6cc(C(C)(C)C)ccc6n6c5c2[B]c2oc5ccc(C(C)(C)C)cc5c2-6)C(C)(C)c2ccccc2-4)sc2cc4c(cc23)C(C)(C)CCC4(C)C)cc1. The van der Waals surface area contributed by atoms with Gasteiger partial charge in [-0.3, -0.25) is 0 Å². The summed E-state index contributed by atoms with van der Waals surface area (Å²) >= 11 is 1.96. The molecule has 13 rings (SSSR count). The molecule has 5 heteroatoms. The monoisotopic (exact) mass is 960 g/mol. The Hall–Kier alpha value is -6.04. The van der Waals surface area contributed by atoms with E-state index >= 15 is 0 Å². The van der Waals surface area contributed by atoms with Crippen molar-refractivity contribution in [2.24, 2.45) is 0 Å². The normalized spacial score (nSPS) is 16.6. The molecule has 1 N–H and O–H groups in total. The van der Waals surface area contributed by atoms with E-state index < -0.39 is 0 Å². The van der Waals surface area contributed by atoms with Crippen LogP contribution in [0, 0.1) is 0 Å². The lowest BCUT2D eigenvalue weighted by molar-refractivity contribution is 0.332. The lowest BCUT2D eigenvalue weighted by atomic mass is 9.60. The molecule has 10 aromatic rings. The van der Waals surface area contributed by atoms with Crippen molar-refractivity contribution < 1.29 is 4.42 Å². The van der Waals surface area contributed by atoms with E-state index in [-0.39, 0.29) is 32.5 Å². The molecule has 0 saturated carbocycles. The Morgan fingerprint density at radius 2 is 1.17 bits per heavy atom. The van der Waals surface area contributed by atoms with Crippen LogP contribution in [-0.2, 0) is 32.5 Å². The van der Waals surface area contributed by atoms with Crippen LogP contribution in [0.5, 0.6) is 0 Å². The van der Waals surface area contributed by atoms with Gasteiger partial charge in [-0.1, -0.05) is 152 Å². The number of nitrogens with one attached hydrogen (secondary N) is 1. The molecule has 72 heavy (non-hydrogen) atoms. The second-order valence-corrected chi connectivity index (χ2v) is 27.9. The Morgan fingerprint density at radius 1 is 0.569 bits per heavy atom. The van der Waals surface area contributed by atoms with Gasteiger partial charge in [0.25, 0.3) is 0 Å². The van der Waals surface area contributed by atoms with Crippen LogP contribution in [0.25, 0.3) is 80.9 Å². The average Bonchev–Trinajstić information content (AvgIpc) is 4.03. The fourth-order valence-corrected chi connectivity index (χ4v) is 14.3. The Labute approximate surface area is 431 Å². The number of benzene rings is 7. The van der Waals surface area contributed by atoms with Gasteiger partial charge < -0.3 is 14.3 Å². The molecule has 1 aliphatic heterocycles. The van der Waals surface area contributed by atoms with Gasteiger partial charge in [-0.15, -0.1) is 11.3 Å². The van der Waals surface area contributed by atoms with E-state index in [1.54, 1.807) is 0 Å². The summed E-state index contributed by atoms with van der Waals surface area (Å²) in [5.41, 5.74) is 23.6. The molecule has 3 aromatic heterocycles. The molecular formula is C67H68BN2OS. The van der Waals surface area contributed by atoms with Crippen molar-refractivity contribution >= 4 is 94.1 Å². The number of aromatic nitrogens is 1. The first-order valence-corrected chi connectivity index (χ1v) is 27.3.